The number of nitrogens with one attached hydrogen (secondary N) is 2. The van der Waals surface area contributed by atoms with Crippen molar-refractivity contribution in [1.29, 1.82) is 0 Å². The van der Waals surface area contributed by atoms with E-state index >= 15 is 0 Å². The predicted octanol–water partition coefficient (Wildman–Crippen LogP) is 1.10. The Hall–Kier alpha value is -2.70. The van der Waals surface area contributed by atoms with Gasteiger partial charge in [0.15, 0.2) is 0 Å². The van der Waals surface area contributed by atoms with E-state index in [1.807, 2.05) is 43.3 Å². The molecule has 0 bridgehead atoms. The lowest BCUT2D eigenvalue weighted by molar-refractivity contribution is -0.123. The number of benzene rings is 1. The van der Waals surface area contributed by atoms with Crippen molar-refractivity contribution in [2.45, 2.75) is 19.8 Å². The Kier molecular flexibility index (Phi) is 5.46. The number of hydrogen-bond acceptors (Lipinski definition) is 5. The van der Waals surface area contributed by atoms with Crippen molar-refractivity contribution in [2.24, 2.45) is 16.1 Å². The summed E-state index contributed by atoms with van der Waals surface area (Å²) in [6, 6.07) is 7.80. The zero-order chi connectivity index (χ0) is 16.8. The zero-order valence-electron chi connectivity index (χ0n) is 13.5. The van der Waals surface area contributed by atoms with E-state index in [0.29, 0.717) is 12.1 Å². The average Bonchev–Trinajstić information content (AvgIpc) is 2.84. The van der Waals surface area contributed by atoms with Crippen LogP contribution in [0.1, 0.15) is 25.3 Å². The van der Waals surface area contributed by atoms with Crippen LogP contribution in [0.4, 0.5) is 5.69 Å². The van der Waals surface area contributed by atoms with Gasteiger partial charge in [0.25, 0.3) is 0 Å². The van der Waals surface area contributed by atoms with Gasteiger partial charge in [-0.1, -0.05) is 12.1 Å². The SMILES string of the molecule is CC1=NNC(=O)C1CCC(=O)NN=Cc1ccc(N(C)C)cc1. The molecule has 122 valence electrons. The van der Waals surface area contributed by atoms with Crippen LogP contribution in [-0.2, 0) is 9.59 Å². The van der Waals surface area contributed by atoms with Gasteiger partial charge in [0.1, 0.15) is 0 Å². The number of rotatable bonds is 6. The molecule has 1 aromatic rings. The minimum absolute atomic E-state index is 0.153. The molecule has 2 amide bonds. The number of hydrogen-bond donors (Lipinski definition) is 2. The summed E-state index contributed by atoms with van der Waals surface area (Å²) in [5.41, 5.74) is 7.58. The lowest BCUT2D eigenvalue weighted by Gasteiger charge is -2.11. The summed E-state index contributed by atoms with van der Waals surface area (Å²) in [6.07, 6.45) is 2.24. The van der Waals surface area contributed by atoms with Crippen molar-refractivity contribution < 1.29 is 9.59 Å². The van der Waals surface area contributed by atoms with Gasteiger partial charge in [-0.15, -0.1) is 0 Å². The van der Waals surface area contributed by atoms with Crippen molar-refractivity contribution in [3.63, 3.8) is 0 Å². The first-order chi connectivity index (χ1) is 11.0. The molecule has 1 atom stereocenters. The van der Waals surface area contributed by atoms with E-state index in [4.69, 9.17) is 0 Å². The van der Waals surface area contributed by atoms with Crippen LogP contribution in [0.3, 0.4) is 0 Å². The summed E-state index contributed by atoms with van der Waals surface area (Å²) in [5.74, 6) is -0.693. The standard InChI is InChI=1S/C16H21N5O2/c1-11-14(16(23)20-18-11)8-9-15(22)19-17-10-12-4-6-13(7-5-12)21(2)3/h4-7,10,14H,8-9H2,1-3H3,(H,19,22)(H,20,23). The summed E-state index contributed by atoms with van der Waals surface area (Å²) in [6.45, 7) is 1.77. The second-order valence-electron chi connectivity index (χ2n) is 5.60. The first-order valence-corrected chi connectivity index (χ1v) is 7.40. The number of carbonyl (C=O) groups is 2. The first kappa shape index (κ1) is 16.7. The number of anilines is 1. The molecule has 1 heterocycles. The molecular weight excluding hydrogens is 294 g/mol. The van der Waals surface area contributed by atoms with Gasteiger partial charge in [-0.05, 0) is 31.0 Å². The Bertz CT molecular complexity index is 634. The van der Waals surface area contributed by atoms with Crippen LogP contribution in [0.5, 0.6) is 0 Å². The molecular formula is C16H21N5O2. The molecule has 0 aromatic heterocycles. The van der Waals surface area contributed by atoms with Crippen LogP contribution in [0.2, 0.25) is 0 Å². The van der Waals surface area contributed by atoms with Gasteiger partial charge >= 0.3 is 0 Å². The van der Waals surface area contributed by atoms with Crippen LogP contribution in [0, 0.1) is 5.92 Å². The Labute approximate surface area is 135 Å². The Morgan fingerprint density at radius 2 is 2.09 bits per heavy atom. The predicted molar refractivity (Wildman–Crippen MR) is 90.5 cm³/mol. The van der Waals surface area contributed by atoms with Crippen molar-refractivity contribution in [2.75, 3.05) is 19.0 Å². The fourth-order valence-corrected chi connectivity index (χ4v) is 2.20. The van der Waals surface area contributed by atoms with Gasteiger partial charge in [0, 0.05) is 31.9 Å². The normalized spacial score (nSPS) is 17.1. The Balaban J connectivity index is 1.77. The van der Waals surface area contributed by atoms with Crippen LogP contribution in [0.25, 0.3) is 0 Å². The first-order valence-electron chi connectivity index (χ1n) is 7.40. The van der Waals surface area contributed by atoms with Gasteiger partial charge in [-0.25, -0.2) is 10.9 Å². The van der Waals surface area contributed by atoms with E-state index in [1.165, 1.54) is 0 Å². The van der Waals surface area contributed by atoms with Crippen LogP contribution < -0.4 is 15.8 Å². The monoisotopic (exact) mass is 315 g/mol. The fourth-order valence-electron chi connectivity index (χ4n) is 2.20. The second-order valence-corrected chi connectivity index (χ2v) is 5.60. The summed E-state index contributed by atoms with van der Waals surface area (Å²) < 4.78 is 0. The van der Waals surface area contributed by atoms with Crippen molar-refractivity contribution in [1.82, 2.24) is 10.9 Å². The summed E-state index contributed by atoms with van der Waals surface area (Å²) in [7, 11) is 3.95. The van der Waals surface area contributed by atoms with Gasteiger partial charge in [-0.2, -0.15) is 10.2 Å². The smallest absolute Gasteiger partial charge is 0.248 e. The number of nitrogens with zero attached hydrogens (tertiary/aromatic N) is 3. The molecule has 1 aliphatic heterocycles. The van der Waals surface area contributed by atoms with Gasteiger partial charge in [0.05, 0.1) is 12.1 Å². The van der Waals surface area contributed by atoms with E-state index < -0.39 is 0 Å². The number of amides is 2. The maximum atomic E-state index is 11.7. The molecule has 0 fully saturated rings. The molecule has 0 spiro atoms. The van der Waals surface area contributed by atoms with Crippen molar-refractivity contribution >= 4 is 29.4 Å². The lowest BCUT2D eigenvalue weighted by Crippen LogP contribution is -2.25. The molecule has 2 N–H and O–H groups in total. The van der Waals surface area contributed by atoms with E-state index in [0.717, 1.165) is 11.3 Å². The highest BCUT2D eigenvalue weighted by atomic mass is 16.2. The summed E-state index contributed by atoms with van der Waals surface area (Å²) >= 11 is 0. The number of carbonyl (C=O) groups excluding carboxylic acids is 2. The molecule has 0 saturated carbocycles. The third-order valence-corrected chi connectivity index (χ3v) is 3.64. The van der Waals surface area contributed by atoms with Gasteiger partial charge < -0.3 is 4.90 Å². The van der Waals surface area contributed by atoms with Crippen molar-refractivity contribution in [3.05, 3.63) is 29.8 Å². The quantitative estimate of drug-likeness (QED) is 0.609. The van der Waals surface area contributed by atoms with E-state index in [1.54, 1.807) is 13.1 Å². The maximum absolute atomic E-state index is 11.7. The Morgan fingerprint density at radius 3 is 2.65 bits per heavy atom. The number of hydrazone groups is 2. The highest BCUT2D eigenvalue weighted by Gasteiger charge is 2.26. The van der Waals surface area contributed by atoms with Crippen LogP contribution >= 0.6 is 0 Å². The third-order valence-electron chi connectivity index (χ3n) is 3.64. The molecule has 2 rings (SSSR count). The zero-order valence-corrected chi connectivity index (χ0v) is 13.5. The maximum Gasteiger partial charge on any atom is 0.248 e. The molecule has 0 saturated heterocycles. The molecule has 0 aliphatic carbocycles. The third kappa shape index (κ3) is 4.64. The highest BCUT2D eigenvalue weighted by Crippen LogP contribution is 2.13. The lowest BCUT2D eigenvalue weighted by atomic mass is 9.99. The molecule has 7 nitrogen and oxygen atoms in total. The largest absolute Gasteiger partial charge is 0.378 e. The molecule has 1 aliphatic rings. The molecule has 0 radical (unpaired) electrons. The van der Waals surface area contributed by atoms with Crippen LogP contribution in [-0.4, -0.2) is 37.8 Å². The van der Waals surface area contributed by atoms with Gasteiger partial charge in [0.2, 0.25) is 11.8 Å². The second kappa shape index (κ2) is 7.53. The van der Waals surface area contributed by atoms with Crippen LogP contribution in [0.15, 0.2) is 34.5 Å². The van der Waals surface area contributed by atoms with E-state index in [9.17, 15) is 9.59 Å². The minimum atomic E-state index is -0.316. The van der Waals surface area contributed by atoms with E-state index in [2.05, 4.69) is 21.1 Å². The highest BCUT2D eigenvalue weighted by molar-refractivity contribution is 6.07. The van der Waals surface area contributed by atoms with E-state index in [-0.39, 0.29) is 24.2 Å². The summed E-state index contributed by atoms with van der Waals surface area (Å²) in [4.78, 5) is 25.2. The fraction of sp³-hybridized carbons (Fsp3) is 0.375. The average molecular weight is 315 g/mol. The summed E-state index contributed by atoms with van der Waals surface area (Å²) in [5, 5.41) is 7.78. The Morgan fingerprint density at radius 1 is 1.39 bits per heavy atom. The molecule has 23 heavy (non-hydrogen) atoms. The molecule has 7 heteroatoms. The minimum Gasteiger partial charge on any atom is -0.378 e. The molecule has 1 unspecified atom stereocenters. The molecule has 1 aromatic carbocycles. The van der Waals surface area contributed by atoms with Gasteiger partial charge in [-0.3, -0.25) is 9.59 Å². The topological polar surface area (TPSA) is 86.2 Å². The van der Waals surface area contributed by atoms with Crippen molar-refractivity contribution in [3.8, 4) is 0 Å².